The van der Waals surface area contributed by atoms with Crippen molar-refractivity contribution in [1.82, 2.24) is 4.98 Å². The highest BCUT2D eigenvalue weighted by atomic mass is 32.2. The van der Waals surface area contributed by atoms with Gasteiger partial charge in [0.05, 0.1) is 16.1 Å². The van der Waals surface area contributed by atoms with Crippen molar-refractivity contribution in [3.8, 4) is 0 Å². The number of unbranched alkanes of at least 4 members (excludes halogenated alkanes) is 1. The van der Waals surface area contributed by atoms with Crippen molar-refractivity contribution in [2.75, 3.05) is 5.75 Å². The summed E-state index contributed by atoms with van der Waals surface area (Å²) in [5, 5.41) is 0.536. The third kappa shape index (κ3) is 5.92. The molecule has 1 heterocycles. The van der Waals surface area contributed by atoms with Crippen molar-refractivity contribution in [2.45, 2.75) is 42.9 Å². The molecule has 0 aliphatic heterocycles. The molecule has 0 fully saturated rings. The molecule has 4 nitrogen and oxygen atoms in total. The third-order valence-electron chi connectivity index (χ3n) is 2.97. The number of alkyl halides is 3. The molecule has 118 valence electrons. The highest BCUT2D eigenvalue weighted by molar-refractivity contribution is 7.99. The Labute approximate surface area is 125 Å². The number of carbonyl (C=O) groups is 1. The Bertz CT molecular complexity index is 475. The van der Waals surface area contributed by atoms with Crippen molar-refractivity contribution in [1.29, 1.82) is 0 Å². The molecule has 0 aliphatic carbocycles. The van der Waals surface area contributed by atoms with E-state index in [-0.39, 0.29) is 0 Å². The molecule has 1 amide bonds. The minimum Gasteiger partial charge on any atom is -0.368 e. The zero-order valence-electron chi connectivity index (χ0n) is 11.6. The Hall–Kier alpha value is -1.28. The number of nitrogens with zero attached hydrogens (tertiary/aromatic N) is 1. The van der Waals surface area contributed by atoms with Gasteiger partial charge in [0.25, 0.3) is 0 Å². The van der Waals surface area contributed by atoms with Gasteiger partial charge >= 0.3 is 6.18 Å². The summed E-state index contributed by atoms with van der Waals surface area (Å²) < 4.78 is 37.1. The highest BCUT2D eigenvalue weighted by Crippen LogP contribution is 2.29. The SMILES string of the molecule is CC(N)(CCCCSc1ccc(C(F)(F)F)cn1)C(N)=O. The second-order valence-electron chi connectivity index (χ2n) is 4.97. The fraction of sp³-hybridized carbons (Fsp3) is 0.538. The van der Waals surface area contributed by atoms with Crippen LogP contribution in [0.4, 0.5) is 13.2 Å². The van der Waals surface area contributed by atoms with E-state index in [2.05, 4.69) is 4.98 Å². The topological polar surface area (TPSA) is 82.0 Å². The van der Waals surface area contributed by atoms with Gasteiger partial charge in [-0.25, -0.2) is 4.98 Å². The first kappa shape index (κ1) is 17.8. The van der Waals surface area contributed by atoms with E-state index >= 15 is 0 Å². The average molecular weight is 321 g/mol. The largest absolute Gasteiger partial charge is 0.417 e. The van der Waals surface area contributed by atoms with Gasteiger partial charge in [-0.05, 0) is 37.7 Å². The molecule has 1 rings (SSSR count). The number of thioether (sulfide) groups is 1. The van der Waals surface area contributed by atoms with E-state index in [4.69, 9.17) is 11.5 Å². The fourth-order valence-corrected chi connectivity index (χ4v) is 2.38. The second kappa shape index (κ2) is 7.13. The predicted octanol–water partition coefficient (Wildman–Crippen LogP) is 2.57. The molecule has 1 aromatic heterocycles. The van der Waals surface area contributed by atoms with E-state index in [1.165, 1.54) is 17.8 Å². The standard InChI is InChI=1S/C13H18F3N3OS/c1-12(18,11(17)20)6-2-3-7-21-10-5-4-9(8-19-10)13(14,15)16/h4-5,8H,2-3,6-7,18H2,1H3,(H2,17,20). The van der Waals surface area contributed by atoms with Crippen LogP contribution in [-0.2, 0) is 11.0 Å². The van der Waals surface area contributed by atoms with Crippen LogP contribution in [0.3, 0.4) is 0 Å². The molecule has 0 aliphatic rings. The first-order chi connectivity index (χ1) is 9.63. The van der Waals surface area contributed by atoms with E-state index in [0.717, 1.165) is 18.7 Å². The van der Waals surface area contributed by atoms with Crippen LogP contribution in [0.2, 0.25) is 0 Å². The van der Waals surface area contributed by atoms with Gasteiger partial charge in [-0.2, -0.15) is 13.2 Å². The fourth-order valence-electron chi connectivity index (χ4n) is 1.53. The van der Waals surface area contributed by atoms with E-state index in [1.807, 2.05) is 0 Å². The Balaban J connectivity index is 2.32. The summed E-state index contributed by atoms with van der Waals surface area (Å²) >= 11 is 1.36. The van der Waals surface area contributed by atoms with Crippen LogP contribution < -0.4 is 11.5 Å². The number of amides is 1. The minimum absolute atomic E-state index is 0.476. The number of hydrogen-bond acceptors (Lipinski definition) is 4. The molecule has 0 saturated heterocycles. The van der Waals surface area contributed by atoms with E-state index < -0.39 is 23.2 Å². The lowest BCUT2D eigenvalue weighted by molar-refractivity contribution is -0.137. The van der Waals surface area contributed by atoms with Gasteiger partial charge in [0, 0.05) is 6.20 Å². The molecular formula is C13H18F3N3OS. The maximum Gasteiger partial charge on any atom is 0.417 e. The first-order valence-electron chi connectivity index (χ1n) is 6.38. The summed E-state index contributed by atoms with van der Waals surface area (Å²) in [6, 6.07) is 2.36. The summed E-state index contributed by atoms with van der Waals surface area (Å²) in [5.41, 5.74) is 9.09. The third-order valence-corrected chi connectivity index (χ3v) is 4.00. The molecular weight excluding hydrogens is 303 g/mol. The summed E-state index contributed by atoms with van der Waals surface area (Å²) in [7, 11) is 0. The number of nitrogens with two attached hydrogens (primary N) is 2. The van der Waals surface area contributed by atoms with Gasteiger partial charge in [-0.1, -0.05) is 6.42 Å². The molecule has 0 radical (unpaired) electrons. The highest BCUT2D eigenvalue weighted by Gasteiger charge is 2.30. The van der Waals surface area contributed by atoms with Crippen LogP contribution in [0.25, 0.3) is 0 Å². The number of primary amides is 1. The van der Waals surface area contributed by atoms with Gasteiger partial charge in [-0.3, -0.25) is 4.79 Å². The Morgan fingerprint density at radius 3 is 2.48 bits per heavy atom. The van der Waals surface area contributed by atoms with Gasteiger partial charge in [0.15, 0.2) is 0 Å². The van der Waals surface area contributed by atoms with Crippen molar-refractivity contribution in [3.63, 3.8) is 0 Å². The van der Waals surface area contributed by atoms with E-state index in [0.29, 0.717) is 23.6 Å². The smallest absolute Gasteiger partial charge is 0.368 e. The maximum atomic E-state index is 12.4. The van der Waals surface area contributed by atoms with Crippen LogP contribution in [0.1, 0.15) is 31.7 Å². The van der Waals surface area contributed by atoms with Crippen LogP contribution >= 0.6 is 11.8 Å². The van der Waals surface area contributed by atoms with Crippen molar-refractivity contribution < 1.29 is 18.0 Å². The molecule has 8 heteroatoms. The lowest BCUT2D eigenvalue weighted by Crippen LogP contribution is -2.49. The zero-order valence-corrected chi connectivity index (χ0v) is 12.4. The quantitative estimate of drug-likeness (QED) is 0.597. The number of rotatable bonds is 7. The molecule has 1 atom stereocenters. The molecule has 0 aromatic carbocycles. The number of hydrogen-bond donors (Lipinski definition) is 2. The van der Waals surface area contributed by atoms with Gasteiger partial charge in [0.2, 0.25) is 5.91 Å². The lowest BCUT2D eigenvalue weighted by Gasteiger charge is -2.19. The second-order valence-corrected chi connectivity index (χ2v) is 6.09. The monoisotopic (exact) mass is 321 g/mol. The van der Waals surface area contributed by atoms with Gasteiger partial charge in [0.1, 0.15) is 0 Å². The molecule has 4 N–H and O–H groups in total. The molecule has 0 spiro atoms. The Morgan fingerprint density at radius 1 is 1.33 bits per heavy atom. The summed E-state index contributed by atoms with van der Waals surface area (Å²) in [4.78, 5) is 14.8. The molecule has 1 unspecified atom stereocenters. The van der Waals surface area contributed by atoms with Gasteiger partial charge in [-0.15, -0.1) is 11.8 Å². The summed E-state index contributed by atoms with van der Waals surface area (Å²) in [6.45, 7) is 1.58. The van der Waals surface area contributed by atoms with Crippen LogP contribution in [0.5, 0.6) is 0 Å². The normalized spacial score (nSPS) is 14.7. The van der Waals surface area contributed by atoms with Crippen LogP contribution in [-0.4, -0.2) is 22.2 Å². The number of aromatic nitrogens is 1. The van der Waals surface area contributed by atoms with Crippen molar-refractivity contribution in [3.05, 3.63) is 23.9 Å². The molecule has 0 saturated carbocycles. The molecule has 0 bridgehead atoms. The minimum atomic E-state index is -4.36. The zero-order chi connectivity index (χ0) is 16.1. The van der Waals surface area contributed by atoms with Crippen LogP contribution in [0, 0.1) is 0 Å². The lowest BCUT2D eigenvalue weighted by atomic mass is 9.96. The van der Waals surface area contributed by atoms with E-state index in [9.17, 15) is 18.0 Å². The Morgan fingerprint density at radius 2 is 2.00 bits per heavy atom. The van der Waals surface area contributed by atoms with Crippen molar-refractivity contribution >= 4 is 17.7 Å². The predicted molar refractivity (Wildman–Crippen MR) is 75.6 cm³/mol. The Kier molecular flexibility index (Phi) is 6.03. The number of halogens is 3. The maximum absolute atomic E-state index is 12.4. The van der Waals surface area contributed by atoms with Gasteiger partial charge < -0.3 is 11.5 Å². The molecule has 1 aromatic rings. The van der Waals surface area contributed by atoms with E-state index in [1.54, 1.807) is 6.92 Å². The first-order valence-corrected chi connectivity index (χ1v) is 7.36. The average Bonchev–Trinajstić information content (AvgIpc) is 2.37. The summed E-state index contributed by atoms with van der Waals surface area (Å²) in [5.74, 6) is 0.146. The van der Waals surface area contributed by atoms with Crippen molar-refractivity contribution in [2.24, 2.45) is 11.5 Å². The molecule has 21 heavy (non-hydrogen) atoms. The summed E-state index contributed by atoms with van der Waals surface area (Å²) in [6.07, 6.45) is -1.58. The number of pyridine rings is 1. The van der Waals surface area contributed by atoms with Crippen LogP contribution in [0.15, 0.2) is 23.4 Å². The number of carbonyl (C=O) groups excluding carboxylic acids is 1.